The molecule has 0 bridgehead atoms. The molecule has 0 spiro atoms. The number of benzene rings is 1. The highest BCUT2D eigenvalue weighted by Gasteiger charge is 2.35. The van der Waals surface area contributed by atoms with E-state index in [0.717, 1.165) is 43.6 Å². The van der Waals surface area contributed by atoms with E-state index in [4.69, 9.17) is 0 Å². The lowest BCUT2D eigenvalue weighted by molar-refractivity contribution is -0.137. The fourth-order valence-electron chi connectivity index (χ4n) is 4.01. The van der Waals surface area contributed by atoms with Crippen molar-refractivity contribution in [2.75, 3.05) is 11.9 Å². The van der Waals surface area contributed by atoms with E-state index in [1.54, 1.807) is 12.1 Å². The molecule has 1 aromatic carbocycles. The Morgan fingerprint density at radius 1 is 1.11 bits per heavy atom. The van der Waals surface area contributed by atoms with Crippen molar-refractivity contribution in [3.8, 4) is 0 Å². The Hall–Kier alpha value is -2.45. The highest BCUT2D eigenvalue weighted by Crippen LogP contribution is 2.36. The zero-order valence-electron chi connectivity index (χ0n) is 15.1. The van der Waals surface area contributed by atoms with Gasteiger partial charge in [-0.05, 0) is 61.6 Å². The quantitative estimate of drug-likeness (QED) is 0.748. The molecule has 8 heteroatoms. The van der Waals surface area contributed by atoms with Crippen LogP contribution in [0.15, 0.2) is 42.5 Å². The first-order valence-corrected chi connectivity index (χ1v) is 9.34. The summed E-state index contributed by atoms with van der Waals surface area (Å²) in [6.45, 7) is 0.940. The molecule has 1 amide bonds. The normalized spacial score (nSPS) is 24.6. The number of hydrogen-bond donors (Lipinski definition) is 3. The van der Waals surface area contributed by atoms with Crippen LogP contribution in [-0.2, 0) is 6.18 Å². The van der Waals surface area contributed by atoms with Crippen molar-refractivity contribution in [2.45, 2.75) is 37.4 Å². The van der Waals surface area contributed by atoms with Crippen LogP contribution in [0.4, 0.5) is 18.9 Å². The Kier molecular flexibility index (Phi) is 5.07. The zero-order chi connectivity index (χ0) is 19.7. The molecule has 148 valence electrons. The second-order valence-corrected chi connectivity index (χ2v) is 7.38. The maximum Gasteiger partial charge on any atom is 0.416 e. The zero-order valence-corrected chi connectivity index (χ0v) is 15.1. The van der Waals surface area contributed by atoms with Gasteiger partial charge in [0.2, 0.25) is 0 Å². The van der Waals surface area contributed by atoms with E-state index in [1.807, 2.05) is 6.07 Å². The van der Waals surface area contributed by atoms with Crippen molar-refractivity contribution >= 4 is 11.6 Å². The summed E-state index contributed by atoms with van der Waals surface area (Å²) in [5, 5.41) is 2.62. The fourth-order valence-corrected chi connectivity index (χ4v) is 4.01. The van der Waals surface area contributed by atoms with Gasteiger partial charge in [-0.3, -0.25) is 15.6 Å². The minimum Gasteiger partial charge on any atom is -0.321 e. The topological polar surface area (TPSA) is 66.1 Å². The predicted molar refractivity (Wildman–Crippen MR) is 98.6 cm³/mol. The van der Waals surface area contributed by atoms with Gasteiger partial charge in [0.05, 0.1) is 5.56 Å². The van der Waals surface area contributed by atoms with E-state index >= 15 is 0 Å². The Balaban J connectivity index is 1.44. The standard InChI is InChI=1S/C20H21F3N4O/c21-20(22,23)14-5-7-15(8-6-14)25-19(28)18-3-1-2-16(26-18)12-4-9-17-13(10-12)11-24-27-17/h1-3,5-8,12-13,17,24,27H,4,9-11H2,(H,25,28). The number of anilines is 1. The predicted octanol–water partition coefficient (Wildman–Crippen LogP) is 3.71. The number of hydrogen-bond acceptors (Lipinski definition) is 4. The molecule has 2 aliphatic rings. The van der Waals surface area contributed by atoms with Gasteiger partial charge in [-0.2, -0.15) is 13.2 Å². The number of amides is 1. The fraction of sp³-hybridized carbons (Fsp3) is 0.400. The van der Waals surface area contributed by atoms with Crippen molar-refractivity contribution in [1.29, 1.82) is 0 Å². The second-order valence-electron chi connectivity index (χ2n) is 7.38. The number of halogens is 3. The molecule has 3 N–H and O–H groups in total. The molecule has 1 aliphatic carbocycles. The Morgan fingerprint density at radius 3 is 2.64 bits per heavy atom. The van der Waals surface area contributed by atoms with Crippen molar-refractivity contribution in [3.05, 3.63) is 59.4 Å². The summed E-state index contributed by atoms with van der Waals surface area (Å²) in [7, 11) is 0. The molecule has 1 saturated heterocycles. The number of alkyl halides is 3. The molecule has 28 heavy (non-hydrogen) atoms. The van der Waals surface area contributed by atoms with E-state index < -0.39 is 17.6 Å². The van der Waals surface area contributed by atoms with Crippen molar-refractivity contribution in [3.63, 3.8) is 0 Å². The van der Waals surface area contributed by atoms with Crippen LogP contribution in [0.3, 0.4) is 0 Å². The molecule has 1 aliphatic heterocycles. The number of hydrazine groups is 1. The van der Waals surface area contributed by atoms with Crippen molar-refractivity contribution in [2.24, 2.45) is 5.92 Å². The summed E-state index contributed by atoms with van der Waals surface area (Å²) in [4.78, 5) is 17.0. The molecule has 0 radical (unpaired) electrons. The highest BCUT2D eigenvalue weighted by molar-refractivity contribution is 6.02. The van der Waals surface area contributed by atoms with E-state index in [-0.39, 0.29) is 5.69 Å². The monoisotopic (exact) mass is 390 g/mol. The number of fused-ring (bicyclic) bond motifs is 1. The smallest absolute Gasteiger partial charge is 0.321 e. The number of nitrogens with zero attached hydrogens (tertiary/aromatic N) is 1. The van der Waals surface area contributed by atoms with Crippen LogP contribution in [0.1, 0.15) is 46.9 Å². The molecule has 1 saturated carbocycles. The lowest BCUT2D eigenvalue weighted by Gasteiger charge is -2.30. The van der Waals surface area contributed by atoms with Crippen LogP contribution in [0, 0.1) is 5.92 Å². The molecule has 4 rings (SSSR count). The summed E-state index contributed by atoms with van der Waals surface area (Å²) in [6.07, 6.45) is -1.32. The summed E-state index contributed by atoms with van der Waals surface area (Å²) in [6, 6.07) is 10.2. The van der Waals surface area contributed by atoms with Gasteiger partial charge in [0, 0.05) is 29.9 Å². The summed E-state index contributed by atoms with van der Waals surface area (Å²) < 4.78 is 37.9. The number of carbonyl (C=O) groups excluding carboxylic acids is 1. The molecule has 5 nitrogen and oxygen atoms in total. The van der Waals surface area contributed by atoms with Crippen LogP contribution < -0.4 is 16.2 Å². The van der Waals surface area contributed by atoms with Gasteiger partial charge in [0.25, 0.3) is 5.91 Å². The van der Waals surface area contributed by atoms with E-state index in [0.29, 0.717) is 23.6 Å². The maximum absolute atomic E-state index is 12.6. The molecule has 2 aromatic rings. The molecule has 3 atom stereocenters. The van der Waals surface area contributed by atoms with Gasteiger partial charge in [-0.15, -0.1) is 0 Å². The maximum atomic E-state index is 12.6. The lowest BCUT2D eigenvalue weighted by Crippen LogP contribution is -2.35. The van der Waals surface area contributed by atoms with Crippen LogP contribution in [0.2, 0.25) is 0 Å². The number of pyridine rings is 1. The van der Waals surface area contributed by atoms with Gasteiger partial charge in [0.15, 0.2) is 0 Å². The van der Waals surface area contributed by atoms with Crippen molar-refractivity contribution in [1.82, 2.24) is 15.8 Å². The largest absolute Gasteiger partial charge is 0.416 e. The average Bonchev–Trinajstić information content (AvgIpc) is 3.15. The Morgan fingerprint density at radius 2 is 1.89 bits per heavy atom. The van der Waals surface area contributed by atoms with E-state index in [2.05, 4.69) is 21.2 Å². The van der Waals surface area contributed by atoms with Gasteiger partial charge in [-0.25, -0.2) is 4.98 Å². The molecule has 1 aromatic heterocycles. The molecular weight excluding hydrogens is 369 g/mol. The molecule has 2 fully saturated rings. The van der Waals surface area contributed by atoms with E-state index in [9.17, 15) is 18.0 Å². The van der Waals surface area contributed by atoms with Crippen LogP contribution >= 0.6 is 0 Å². The molecule has 2 heterocycles. The number of aromatic nitrogens is 1. The number of carbonyl (C=O) groups is 1. The first kappa shape index (κ1) is 18.9. The Bertz CT molecular complexity index is 853. The third-order valence-corrected chi connectivity index (χ3v) is 5.53. The summed E-state index contributed by atoms with van der Waals surface area (Å²) in [5.41, 5.74) is 7.20. The van der Waals surface area contributed by atoms with Gasteiger partial charge in [0.1, 0.15) is 5.69 Å². The van der Waals surface area contributed by atoms with E-state index in [1.165, 1.54) is 12.1 Å². The first-order chi connectivity index (χ1) is 13.4. The number of rotatable bonds is 3. The van der Waals surface area contributed by atoms with Crippen LogP contribution in [0.5, 0.6) is 0 Å². The third-order valence-electron chi connectivity index (χ3n) is 5.53. The second kappa shape index (κ2) is 7.52. The minimum absolute atomic E-state index is 0.266. The lowest BCUT2D eigenvalue weighted by atomic mass is 9.77. The molecular formula is C20H21F3N4O. The first-order valence-electron chi connectivity index (χ1n) is 9.34. The minimum atomic E-state index is -4.40. The highest BCUT2D eigenvalue weighted by atomic mass is 19.4. The van der Waals surface area contributed by atoms with Crippen LogP contribution in [0.25, 0.3) is 0 Å². The van der Waals surface area contributed by atoms with Gasteiger partial charge < -0.3 is 5.32 Å². The van der Waals surface area contributed by atoms with Crippen molar-refractivity contribution < 1.29 is 18.0 Å². The third kappa shape index (κ3) is 4.02. The average molecular weight is 390 g/mol. The SMILES string of the molecule is O=C(Nc1ccc(C(F)(F)F)cc1)c1cccc(C2CCC3NNCC3C2)n1. The molecule has 3 unspecified atom stereocenters. The summed E-state index contributed by atoms with van der Waals surface area (Å²) in [5.74, 6) is 0.437. The Labute approximate surface area is 160 Å². The summed E-state index contributed by atoms with van der Waals surface area (Å²) >= 11 is 0. The van der Waals surface area contributed by atoms with Gasteiger partial charge >= 0.3 is 6.18 Å². The van der Waals surface area contributed by atoms with Gasteiger partial charge in [-0.1, -0.05) is 6.07 Å². The van der Waals surface area contributed by atoms with Crippen LogP contribution in [-0.4, -0.2) is 23.5 Å². The number of nitrogens with one attached hydrogen (secondary N) is 3.